The lowest BCUT2D eigenvalue weighted by Gasteiger charge is -2.16. The zero-order valence-corrected chi connectivity index (χ0v) is 17.2. The first-order chi connectivity index (χ1) is 12.9. The van der Waals surface area contributed by atoms with Crippen LogP contribution in [0.15, 0.2) is 36.4 Å². The number of carbonyl (C=O) groups is 1. The Kier molecular flexibility index (Phi) is 7.99. The van der Waals surface area contributed by atoms with Crippen LogP contribution in [-0.2, 0) is 4.79 Å². The number of ether oxygens (including phenoxy) is 2. The molecule has 0 heterocycles. The number of aryl methyl sites for hydroxylation is 2. The maximum atomic E-state index is 12.4. The Morgan fingerprint density at radius 3 is 2.30 bits per heavy atom. The average molecular weight is 390 g/mol. The number of nitrogens with one attached hydrogen (secondary N) is 1. The monoisotopic (exact) mass is 389 g/mol. The molecule has 5 heteroatoms. The van der Waals surface area contributed by atoms with Gasteiger partial charge in [-0.3, -0.25) is 4.79 Å². The third-order valence-corrected chi connectivity index (χ3v) is 4.83. The van der Waals surface area contributed by atoms with E-state index in [1.165, 1.54) is 12.8 Å². The lowest BCUT2D eigenvalue weighted by atomic mass is 10.1. The molecule has 1 amide bonds. The second-order valence-corrected chi connectivity index (χ2v) is 7.08. The van der Waals surface area contributed by atoms with Gasteiger partial charge in [0.05, 0.1) is 6.61 Å². The smallest absolute Gasteiger partial charge is 0.265 e. The van der Waals surface area contributed by atoms with Gasteiger partial charge in [0.1, 0.15) is 11.5 Å². The molecule has 0 aliphatic heterocycles. The van der Waals surface area contributed by atoms with Crippen molar-refractivity contribution in [2.75, 3.05) is 11.9 Å². The number of hydrogen-bond acceptors (Lipinski definition) is 3. The van der Waals surface area contributed by atoms with Crippen LogP contribution in [0.5, 0.6) is 11.5 Å². The van der Waals surface area contributed by atoms with Gasteiger partial charge in [-0.1, -0.05) is 31.4 Å². The third kappa shape index (κ3) is 6.47. The van der Waals surface area contributed by atoms with E-state index in [1.807, 2.05) is 50.2 Å². The molecule has 2 aromatic rings. The Labute approximate surface area is 166 Å². The molecular formula is C22H28ClNO3. The molecule has 0 bridgehead atoms. The molecule has 0 saturated heterocycles. The second kappa shape index (κ2) is 10.2. The van der Waals surface area contributed by atoms with E-state index in [4.69, 9.17) is 21.1 Å². The molecule has 0 spiro atoms. The van der Waals surface area contributed by atoms with Gasteiger partial charge >= 0.3 is 0 Å². The van der Waals surface area contributed by atoms with Crippen molar-refractivity contribution in [1.29, 1.82) is 0 Å². The highest BCUT2D eigenvalue weighted by Gasteiger charge is 2.16. The molecule has 0 saturated carbocycles. The number of rotatable bonds is 9. The maximum Gasteiger partial charge on any atom is 0.265 e. The van der Waals surface area contributed by atoms with E-state index in [9.17, 15) is 4.79 Å². The lowest BCUT2D eigenvalue weighted by molar-refractivity contribution is -0.122. The number of unbranched alkanes of at least 4 members (excludes halogenated alkanes) is 2. The summed E-state index contributed by atoms with van der Waals surface area (Å²) in [4.78, 5) is 12.4. The first-order valence-electron chi connectivity index (χ1n) is 9.37. The van der Waals surface area contributed by atoms with Gasteiger partial charge in [-0.2, -0.15) is 0 Å². The van der Waals surface area contributed by atoms with E-state index in [2.05, 4.69) is 12.2 Å². The van der Waals surface area contributed by atoms with Crippen molar-refractivity contribution in [2.45, 2.75) is 53.1 Å². The van der Waals surface area contributed by atoms with E-state index in [1.54, 1.807) is 6.92 Å². The van der Waals surface area contributed by atoms with Crippen LogP contribution >= 0.6 is 11.6 Å². The van der Waals surface area contributed by atoms with Crippen LogP contribution in [-0.4, -0.2) is 18.6 Å². The topological polar surface area (TPSA) is 47.6 Å². The van der Waals surface area contributed by atoms with Gasteiger partial charge < -0.3 is 14.8 Å². The molecule has 0 fully saturated rings. The Bertz CT molecular complexity index is 736. The highest BCUT2D eigenvalue weighted by Crippen LogP contribution is 2.26. The summed E-state index contributed by atoms with van der Waals surface area (Å²) >= 11 is 6.17. The van der Waals surface area contributed by atoms with Crippen LogP contribution in [0.3, 0.4) is 0 Å². The standard InChI is InChI=1S/C22H28ClNO3/c1-5-6-7-12-26-19-10-8-18(9-11-19)24-22(25)17(4)27-20-13-15(2)21(23)16(3)14-20/h8-11,13-14,17H,5-7,12H2,1-4H3,(H,24,25). The van der Waals surface area contributed by atoms with Gasteiger partial charge in [-0.25, -0.2) is 0 Å². The fraction of sp³-hybridized carbons (Fsp3) is 0.409. The Morgan fingerprint density at radius 1 is 1.07 bits per heavy atom. The van der Waals surface area contributed by atoms with Crippen molar-refractivity contribution in [1.82, 2.24) is 0 Å². The first kappa shape index (κ1) is 21.1. The second-order valence-electron chi connectivity index (χ2n) is 6.70. The molecule has 27 heavy (non-hydrogen) atoms. The molecule has 1 N–H and O–H groups in total. The van der Waals surface area contributed by atoms with E-state index >= 15 is 0 Å². The quantitative estimate of drug-likeness (QED) is 0.540. The number of amides is 1. The molecule has 2 rings (SSSR count). The summed E-state index contributed by atoms with van der Waals surface area (Å²) in [6.45, 7) is 8.43. The minimum atomic E-state index is -0.630. The van der Waals surface area contributed by atoms with Crippen LogP contribution in [0.2, 0.25) is 5.02 Å². The molecule has 146 valence electrons. The molecule has 0 aliphatic rings. The zero-order chi connectivity index (χ0) is 19.8. The number of benzene rings is 2. The summed E-state index contributed by atoms with van der Waals surface area (Å²) in [6.07, 6.45) is 2.76. The summed E-state index contributed by atoms with van der Waals surface area (Å²) in [5.41, 5.74) is 2.56. The third-order valence-electron chi connectivity index (χ3n) is 4.23. The average Bonchev–Trinajstić information content (AvgIpc) is 2.64. The van der Waals surface area contributed by atoms with Crippen molar-refractivity contribution in [3.8, 4) is 11.5 Å². The predicted octanol–water partition coefficient (Wildman–Crippen LogP) is 5.93. The number of carbonyl (C=O) groups excluding carboxylic acids is 1. The largest absolute Gasteiger partial charge is 0.494 e. The Morgan fingerprint density at radius 2 is 1.70 bits per heavy atom. The van der Waals surface area contributed by atoms with Crippen LogP contribution in [0.1, 0.15) is 44.2 Å². The summed E-state index contributed by atoms with van der Waals surface area (Å²) in [5, 5.41) is 3.58. The number of hydrogen-bond donors (Lipinski definition) is 1. The van der Waals surface area contributed by atoms with E-state index < -0.39 is 6.10 Å². The van der Waals surface area contributed by atoms with E-state index in [-0.39, 0.29) is 5.91 Å². The van der Waals surface area contributed by atoms with Crippen molar-refractivity contribution >= 4 is 23.2 Å². The molecule has 4 nitrogen and oxygen atoms in total. The van der Waals surface area contributed by atoms with Crippen LogP contribution in [0.4, 0.5) is 5.69 Å². The predicted molar refractivity (Wildman–Crippen MR) is 111 cm³/mol. The van der Waals surface area contributed by atoms with Crippen molar-refractivity contribution in [3.05, 3.63) is 52.5 Å². The fourth-order valence-corrected chi connectivity index (χ4v) is 2.76. The highest BCUT2D eigenvalue weighted by molar-refractivity contribution is 6.32. The summed E-state index contributed by atoms with van der Waals surface area (Å²) in [6, 6.07) is 11.1. The minimum Gasteiger partial charge on any atom is -0.494 e. The summed E-state index contributed by atoms with van der Waals surface area (Å²) < 4.78 is 11.4. The molecule has 0 radical (unpaired) electrons. The van der Waals surface area contributed by atoms with Gasteiger partial charge in [-0.15, -0.1) is 0 Å². The van der Waals surface area contributed by atoms with Crippen molar-refractivity contribution in [3.63, 3.8) is 0 Å². The summed E-state index contributed by atoms with van der Waals surface area (Å²) in [5.74, 6) is 1.23. The maximum absolute atomic E-state index is 12.4. The molecule has 1 unspecified atom stereocenters. The SMILES string of the molecule is CCCCCOc1ccc(NC(=O)C(C)Oc2cc(C)c(Cl)c(C)c2)cc1. The molecular weight excluding hydrogens is 362 g/mol. The highest BCUT2D eigenvalue weighted by atomic mass is 35.5. The Hall–Kier alpha value is -2.20. The minimum absolute atomic E-state index is 0.211. The molecule has 2 aromatic carbocycles. The molecule has 0 aromatic heterocycles. The zero-order valence-electron chi connectivity index (χ0n) is 16.5. The Balaban J connectivity index is 1.88. The molecule has 1 atom stereocenters. The van der Waals surface area contributed by atoms with E-state index in [0.717, 1.165) is 28.3 Å². The van der Waals surface area contributed by atoms with Crippen molar-refractivity contribution in [2.24, 2.45) is 0 Å². The van der Waals surface area contributed by atoms with Gasteiger partial charge in [0.25, 0.3) is 5.91 Å². The molecule has 0 aliphatic carbocycles. The number of halogens is 1. The summed E-state index contributed by atoms with van der Waals surface area (Å²) in [7, 11) is 0. The lowest BCUT2D eigenvalue weighted by Crippen LogP contribution is -2.30. The fourth-order valence-electron chi connectivity index (χ4n) is 2.65. The number of anilines is 1. The van der Waals surface area contributed by atoms with Gasteiger partial charge in [0.15, 0.2) is 6.10 Å². The van der Waals surface area contributed by atoms with Gasteiger partial charge in [0.2, 0.25) is 0 Å². The van der Waals surface area contributed by atoms with Gasteiger partial charge in [0, 0.05) is 10.7 Å². The van der Waals surface area contributed by atoms with Crippen molar-refractivity contribution < 1.29 is 14.3 Å². The van der Waals surface area contributed by atoms with Crippen LogP contribution in [0, 0.1) is 13.8 Å². The van der Waals surface area contributed by atoms with E-state index in [0.29, 0.717) is 18.0 Å². The van der Waals surface area contributed by atoms with Gasteiger partial charge in [-0.05, 0) is 74.7 Å². The first-order valence-corrected chi connectivity index (χ1v) is 9.75. The normalized spacial score (nSPS) is 11.7. The van der Waals surface area contributed by atoms with Crippen LogP contribution < -0.4 is 14.8 Å². The van der Waals surface area contributed by atoms with Crippen LogP contribution in [0.25, 0.3) is 0 Å².